The zero-order valence-electron chi connectivity index (χ0n) is 7.83. The van der Waals surface area contributed by atoms with Gasteiger partial charge in [0.15, 0.2) is 5.22 Å². The summed E-state index contributed by atoms with van der Waals surface area (Å²) in [5.74, 6) is 2.85. The van der Waals surface area contributed by atoms with E-state index >= 15 is 0 Å². The van der Waals surface area contributed by atoms with Gasteiger partial charge in [-0.3, -0.25) is 0 Å². The Morgan fingerprint density at radius 2 is 2.29 bits per heavy atom. The summed E-state index contributed by atoms with van der Waals surface area (Å²) in [4.78, 5) is 0. The Morgan fingerprint density at radius 3 is 2.93 bits per heavy atom. The molecular weight excluding hydrogens is 218 g/mol. The summed E-state index contributed by atoms with van der Waals surface area (Å²) in [6, 6.07) is 5.78. The third-order valence-electron chi connectivity index (χ3n) is 1.70. The highest BCUT2D eigenvalue weighted by Gasteiger charge is 1.99. The molecule has 0 spiro atoms. The van der Waals surface area contributed by atoms with E-state index in [0.29, 0.717) is 11.6 Å². The van der Waals surface area contributed by atoms with Crippen molar-refractivity contribution in [1.29, 1.82) is 5.26 Å². The quantitative estimate of drug-likeness (QED) is 0.695. The first-order chi connectivity index (χ1) is 6.83. The molecule has 0 N–H and O–H groups in total. The zero-order valence-corrected chi connectivity index (χ0v) is 9.40. The predicted octanol–water partition coefficient (Wildman–Crippen LogP) is 3.86. The van der Waals surface area contributed by atoms with Crippen molar-refractivity contribution in [1.82, 2.24) is 0 Å². The topological polar surface area (TPSA) is 36.9 Å². The lowest BCUT2D eigenvalue weighted by molar-refractivity contribution is 0.532. The number of unbranched alkanes of at least 4 members (excludes halogenated alkanes) is 2. The van der Waals surface area contributed by atoms with Crippen LogP contribution in [0.2, 0.25) is 5.22 Å². The summed E-state index contributed by atoms with van der Waals surface area (Å²) in [7, 11) is 0. The highest BCUT2D eigenvalue weighted by atomic mass is 35.5. The van der Waals surface area contributed by atoms with Crippen molar-refractivity contribution in [3.63, 3.8) is 0 Å². The molecular formula is C10H12ClNOS. The number of nitriles is 1. The van der Waals surface area contributed by atoms with E-state index in [0.717, 1.165) is 30.1 Å². The van der Waals surface area contributed by atoms with Crippen LogP contribution in [-0.4, -0.2) is 5.75 Å². The van der Waals surface area contributed by atoms with Crippen molar-refractivity contribution in [2.24, 2.45) is 0 Å². The molecule has 1 rings (SSSR count). The van der Waals surface area contributed by atoms with E-state index in [9.17, 15) is 0 Å². The number of thioether (sulfide) groups is 1. The van der Waals surface area contributed by atoms with E-state index in [1.165, 1.54) is 0 Å². The van der Waals surface area contributed by atoms with Crippen LogP contribution in [0.1, 0.15) is 25.0 Å². The third kappa shape index (κ3) is 4.59. The van der Waals surface area contributed by atoms with Crippen LogP contribution >= 0.6 is 23.4 Å². The molecule has 0 saturated heterocycles. The molecule has 14 heavy (non-hydrogen) atoms. The first kappa shape index (κ1) is 11.5. The summed E-state index contributed by atoms with van der Waals surface area (Å²) >= 11 is 7.44. The minimum atomic E-state index is 0.449. The van der Waals surface area contributed by atoms with Crippen LogP contribution in [0.4, 0.5) is 0 Å². The predicted molar refractivity (Wildman–Crippen MR) is 59.3 cm³/mol. The summed E-state index contributed by atoms with van der Waals surface area (Å²) < 4.78 is 5.20. The van der Waals surface area contributed by atoms with Gasteiger partial charge in [0.2, 0.25) is 0 Å². The van der Waals surface area contributed by atoms with Gasteiger partial charge >= 0.3 is 0 Å². The number of hydrogen-bond donors (Lipinski definition) is 0. The monoisotopic (exact) mass is 229 g/mol. The molecule has 0 aliphatic heterocycles. The molecule has 2 nitrogen and oxygen atoms in total. The largest absolute Gasteiger partial charge is 0.449 e. The molecule has 0 aliphatic rings. The highest BCUT2D eigenvalue weighted by Crippen LogP contribution is 2.19. The van der Waals surface area contributed by atoms with Gasteiger partial charge in [-0.25, -0.2) is 0 Å². The Hall–Kier alpha value is -0.590. The van der Waals surface area contributed by atoms with Crippen molar-refractivity contribution in [2.45, 2.75) is 25.0 Å². The van der Waals surface area contributed by atoms with Crippen LogP contribution in [0.3, 0.4) is 0 Å². The summed E-state index contributed by atoms with van der Waals surface area (Å²) in [5.41, 5.74) is 0. The van der Waals surface area contributed by atoms with Crippen LogP contribution in [-0.2, 0) is 5.75 Å². The average molecular weight is 230 g/mol. The second-order valence-corrected chi connectivity index (χ2v) is 4.35. The Kier molecular flexibility index (Phi) is 5.58. The number of rotatable bonds is 6. The Morgan fingerprint density at radius 1 is 1.43 bits per heavy atom. The molecule has 0 aliphatic carbocycles. The van der Waals surface area contributed by atoms with E-state index in [1.807, 2.05) is 17.8 Å². The Bertz CT molecular complexity index is 305. The lowest BCUT2D eigenvalue weighted by atomic mass is 10.3. The molecule has 0 radical (unpaired) electrons. The first-order valence-corrected chi connectivity index (χ1v) is 6.05. The van der Waals surface area contributed by atoms with Gasteiger partial charge in [0.1, 0.15) is 5.76 Å². The van der Waals surface area contributed by atoms with Gasteiger partial charge in [0, 0.05) is 6.42 Å². The fourth-order valence-electron chi connectivity index (χ4n) is 1.01. The third-order valence-corrected chi connectivity index (χ3v) is 2.97. The fraction of sp³-hybridized carbons (Fsp3) is 0.500. The summed E-state index contributed by atoms with van der Waals surface area (Å²) in [6.45, 7) is 0. The van der Waals surface area contributed by atoms with Crippen LogP contribution in [0, 0.1) is 11.3 Å². The highest BCUT2D eigenvalue weighted by molar-refractivity contribution is 7.98. The van der Waals surface area contributed by atoms with E-state index in [4.69, 9.17) is 21.3 Å². The summed E-state index contributed by atoms with van der Waals surface area (Å²) in [6.07, 6.45) is 2.74. The molecule has 1 aromatic heterocycles. The van der Waals surface area contributed by atoms with Crippen LogP contribution < -0.4 is 0 Å². The fourth-order valence-corrected chi connectivity index (χ4v) is 2.08. The number of hydrogen-bond acceptors (Lipinski definition) is 3. The molecule has 4 heteroatoms. The SMILES string of the molecule is N#CCCCCSCc1ccc(Cl)o1. The molecule has 0 aromatic carbocycles. The second-order valence-electron chi connectivity index (χ2n) is 2.87. The van der Waals surface area contributed by atoms with Crippen LogP contribution in [0.25, 0.3) is 0 Å². The van der Waals surface area contributed by atoms with Gasteiger partial charge in [-0.2, -0.15) is 17.0 Å². The van der Waals surface area contributed by atoms with Gasteiger partial charge < -0.3 is 4.42 Å². The van der Waals surface area contributed by atoms with E-state index < -0.39 is 0 Å². The average Bonchev–Trinajstić information content (AvgIpc) is 2.58. The van der Waals surface area contributed by atoms with Crippen molar-refractivity contribution in [3.8, 4) is 6.07 Å². The van der Waals surface area contributed by atoms with Gasteiger partial charge in [-0.05, 0) is 42.3 Å². The maximum Gasteiger partial charge on any atom is 0.193 e. The smallest absolute Gasteiger partial charge is 0.193 e. The first-order valence-electron chi connectivity index (χ1n) is 4.52. The number of nitrogens with zero attached hydrogens (tertiary/aromatic N) is 1. The molecule has 0 saturated carbocycles. The van der Waals surface area contributed by atoms with Gasteiger partial charge in [0.25, 0.3) is 0 Å². The van der Waals surface area contributed by atoms with E-state index in [1.54, 1.807) is 6.07 Å². The molecule has 1 heterocycles. The van der Waals surface area contributed by atoms with Crippen LogP contribution in [0.15, 0.2) is 16.5 Å². The van der Waals surface area contributed by atoms with Crippen molar-refractivity contribution < 1.29 is 4.42 Å². The maximum absolute atomic E-state index is 8.32. The molecule has 0 fully saturated rings. The minimum Gasteiger partial charge on any atom is -0.449 e. The lowest BCUT2D eigenvalue weighted by Crippen LogP contribution is -1.81. The Balaban J connectivity index is 2.02. The molecule has 0 amide bonds. The lowest BCUT2D eigenvalue weighted by Gasteiger charge is -1.97. The van der Waals surface area contributed by atoms with Gasteiger partial charge in [-0.15, -0.1) is 0 Å². The van der Waals surface area contributed by atoms with Gasteiger partial charge in [-0.1, -0.05) is 0 Å². The molecule has 1 aromatic rings. The molecule has 76 valence electrons. The number of halogens is 1. The standard InChI is InChI=1S/C10H12ClNOS/c11-10-5-4-9(13-10)8-14-7-3-1-2-6-12/h4-5H,1-3,7-8H2. The second kappa shape index (κ2) is 6.80. The summed E-state index contributed by atoms with van der Waals surface area (Å²) in [5, 5.41) is 8.77. The molecule has 0 unspecified atom stereocenters. The van der Waals surface area contributed by atoms with E-state index in [-0.39, 0.29) is 0 Å². The number of furan rings is 1. The molecule has 0 atom stereocenters. The normalized spacial score (nSPS) is 10.0. The maximum atomic E-state index is 8.32. The van der Waals surface area contributed by atoms with Crippen molar-refractivity contribution >= 4 is 23.4 Å². The van der Waals surface area contributed by atoms with Gasteiger partial charge in [0.05, 0.1) is 11.8 Å². The molecule has 0 bridgehead atoms. The minimum absolute atomic E-state index is 0.449. The van der Waals surface area contributed by atoms with Crippen LogP contribution in [0.5, 0.6) is 0 Å². The Labute approximate surface area is 93.2 Å². The van der Waals surface area contributed by atoms with Crippen molar-refractivity contribution in [2.75, 3.05) is 5.75 Å². The van der Waals surface area contributed by atoms with E-state index in [2.05, 4.69) is 6.07 Å². The zero-order chi connectivity index (χ0) is 10.2. The van der Waals surface area contributed by atoms with Crippen molar-refractivity contribution in [3.05, 3.63) is 23.1 Å².